The number of anilines is 2. The van der Waals surface area contributed by atoms with Gasteiger partial charge < -0.3 is 20.1 Å². The summed E-state index contributed by atoms with van der Waals surface area (Å²) in [5, 5.41) is 25.4. The lowest BCUT2D eigenvalue weighted by atomic mass is 9.87. The van der Waals surface area contributed by atoms with E-state index in [0.29, 0.717) is 43.1 Å². The van der Waals surface area contributed by atoms with Crippen LogP contribution in [-0.2, 0) is 6.54 Å². The van der Waals surface area contributed by atoms with Gasteiger partial charge in [-0.25, -0.2) is 9.97 Å². The number of rotatable bonds is 5. The highest BCUT2D eigenvalue weighted by molar-refractivity contribution is 6.06. The third-order valence-electron chi connectivity index (χ3n) is 7.61. The number of aliphatic hydroxyl groups excluding tert-OH is 2. The number of β-amino-alcohol motifs (C(OH)–C–C–N with tert-alkyl or cyclic N) is 2. The number of nitrogens with one attached hydrogen (secondary N) is 1. The lowest BCUT2D eigenvalue weighted by molar-refractivity contribution is 0.0771. The molecule has 3 N–H and O–H groups in total. The molecule has 35 heavy (non-hydrogen) atoms. The van der Waals surface area contributed by atoms with Crippen LogP contribution in [-0.4, -0.2) is 54.3 Å². The fraction of sp³-hybridized carbons (Fsp3) is 0.444. The highest BCUT2D eigenvalue weighted by Gasteiger charge is 2.26. The molecule has 8 heteroatoms. The topological polar surface area (TPSA) is 99.3 Å². The Kier molecular flexibility index (Phi) is 5.88. The summed E-state index contributed by atoms with van der Waals surface area (Å²) in [5.41, 5.74) is 3.83. The van der Waals surface area contributed by atoms with Gasteiger partial charge in [0.05, 0.1) is 17.8 Å². The monoisotopic (exact) mass is 472 g/mol. The third-order valence-corrected chi connectivity index (χ3v) is 7.61. The summed E-state index contributed by atoms with van der Waals surface area (Å²) in [4.78, 5) is 16.3. The van der Waals surface area contributed by atoms with Gasteiger partial charge in [-0.05, 0) is 49.3 Å². The van der Waals surface area contributed by atoms with E-state index in [1.165, 1.54) is 36.6 Å². The van der Waals surface area contributed by atoms with Crippen molar-refractivity contribution in [2.75, 3.05) is 25.0 Å². The molecule has 8 nitrogen and oxygen atoms in total. The molecule has 4 aromatic rings. The quantitative estimate of drug-likeness (QED) is 0.398. The van der Waals surface area contributed by atoms with Crippen molar-refractivity contribution >= 4 is 33.7 Å². The predicted molar refractivity (Wildman–Crippen MR) is 137 cm³/mol. The Morgan fingerprint density at radius 1 is 1.03 bits per heavy atom. The van der Waals surface area contributed by atoms with Crippen molar-refractivity contribution in [2.24, 2.45) is 5.92 Å². The molecule has 4 heterocycles. The third kappa shape index (κ3) is 4.16. The lowest BCUT2D eigenvalue weighted by Crippen LogP contribution is -2.36. The minimum Gasteiger partial charge on any atom is -0.395 e. The molecular weight excluding hydrogens is 440 g/mol. The first-order chi connectivity index (χ1) is 17.1. The Hall–Kier alpha value is -3.07. The Morgan fingerprint density at radius 2 is 1.86 bits per heavy atom. The molecule has 3 aromatic heterocycles. The van der Waals surface area contributed by atoms with Crippen molar-refractivity contribution in [3.8, 4) is 0 Å². The van der Waals surface area contributed by atoms with Crippen LogP contribution >= 0.6 is 0 Å². The van der Waals surface area contributed by atoms with Crippen molar-refractivity contribution in [2.45, 2.75) is 51.3 Å². The molecule has 1 aliphatic carbocycles. The zero-order valence-corrected chi connectivity index (χ0v) is 20.1. The number of benzene rings is 1. The zero-order chi connectivity index (χ0) is 23.9. The van der Waals surface area contributed by atoms with Gasteiger partial charge in [0, 0.05) is 42.6 Å². The maximum atomic E-state index is 10.6. The second kappa shape index (κ2) is 9.18. The molecule has 2 aliphatic rings. The van der Waals surface area contributed by atoms with E-state index in [1.807, 2.05) is 23.2 Å². The fourth-order valence-corrected chi connectivity index (χ4v) is 5.76. The van der Waals surface area contributed by atoms with Gasteiger partial charge in [-0.1, -0.05) is 31.2 Å². The molecule has 0 bridgehead atoms. The molecule has 0 spiro atoms. The SMILES string of the molecule is CC1CCC(n2c3ccccc3c3cnc(Nc4ccc5c(n4)[C@H](O)CN(CCO)C5)nc32)CC1. The maximum absolute atomic E-state index is 10.6. The largest absolute Gasteiger partial charge is 0.395 e. The number of hydrogen-bond donors (Lipinski definition) is 3. The Labute approximate surface area is 204 Å². The molecule has 6 rings (SSSR count). The molecule has 1 aliphatic heterocycles. The second-order valence-electron chi connectivity index (χ2n) is 10.1. The number of pyridine rings is 1. The summed E-state index contributed by atoms with van der Waals surface area (Å²) in [6, 6.07) is 12.8. The minimum absolute atomic E-state index is 0.0750. The van der Waals surface area contributed by atoms with Gasteiger partial charge in [-0.2, -0.15) is 4.98 Å². The van der Waals surface area contributed by atoms with E-state index in [0.717, 1.165) is 22.5 Å². The first-order valence-corrected chi connectivity index (χ1v) is 12.6. The number of hydrogen-bond acceptors (Lipinski definition) is 7. The van der Waals surface area contributed by atoms with Gasteiger partial charge in [-0.3, -0.25) is 4.90 Å². The van der Waals surface area contributed by atoms with Crippen molar-refractivity contribution in [1.82, 2.24) is 24.4 Å². The van der Waals surface area contributed by atoms with Crippen LogP contribution in [0.2, 0.25) is 0 Å². The van der Waals surface area contributed by atoms with E-state index >= 15 is 0 Å². The van der Waals surface area contributed by atoms with Gasteiger partial charge in [-0.15, -0.1) is 0 Å². The fourth-order valence-electron chi connectivity index (χ4n) is 5.76. The molecule has 182 valence electrons. The van der Waals surface area contributed by atoms with Crippen molar-refractivity contribution in [3.63, 3.8) is 0 Å². The smallest absolute Gasteiger partial charge is 0.230 e. The highest BCUT2D eigenvalue weighted by atomic mass is 16.3. The summed E-state index contributed by atoms with van der Waals surface area (Å²) in [7, 11) is 0. The summed E-state index contributed by atoms with van der Waals surface area (Å²) >= 11 is 0. The van der Waals surface area contributed by atoms with Crippen LogP contribution in [0.4, 0.5) is 11.8 Å². The van der Waals surface area contributed by atoms with E-state index in [2.05, 4.69) is 46.1 Å². The van der Waals surface area contributed by atoms with Crippen LogP contribution in [0, 0.1) is 5.92 Å². The number of para-hydroxylation sites is 1. The number of aliphatic hydroxyl groups is 2. The van der Waals surface area contributed by atoms with E-state index in [1.54, 1.807) is 0 Å². The van der Waals surface area contributed by atoms with E-state index in [9.17, 15) is 10.2 Å². The number of fused-ring (bicyclic) bond motifs is 4. The van der Waals surface area contributed by atoms with E-state index < -0.39 is 6.10 Å². The predicted octanol–water partition coefficient (Wildman–Crippen LogP) is 4.32. The second-order valence-corrected chi connectivity index (χ2v) is 10.1. The maximum Gasteiger partial charge on any atom is 0.230 e. The van der Waals surface area contributed by atoms with Gasteiger partial charge in [0.15, 0.2) is 0 Å². The van der Waals surface area contributed by atoms with Crippen LogP contribution in [0.5, 0.6) is 0 Å². The first-order valence-electron chi connectivity index (χ1n) is 12.6. The lowest BCUT2D eigenvalue weighted by Gasteiger charge is -2.31. The van der Waals surface area contributed by atoms with Gasteiger partial charge in [0.2, 0.25) is 5.95 Å². The van der Waals surface area contributed by atoms with Crippen molar-refractivity contribution in [3.05, 3.63) is 53.9 Å². The number of aromatic nitrogens is 4. The van der Waals surface area contributed by atoms with Crippen LogP contribution < -0.4 is 5.32 Å². The molecule has 1 aromatic carbocycles. The minimum atomic E-state index is -0.688. The average molecular weight is 473 g/mol. The standard InChI is InChI=1S/C27H32N6O2/c1-17-6-9-19(10-7-17)33-22-5-3-2-4-20(22)21-14-28-27(31-26(21)33)30-24-11-8-18-15-32(12-13-34)16-23(35)25(18)29-24/h2-5,8,11,14,17,19,23,34-35H,6-7,9-10,12-13,15-16H2,1H3,(H,28,29,30,31)/t17?,19?,23-/m1/s1. The highest BCUT2D eigenvalue weighted by Crippen LogP contribution is 2.38. The van der Waals surface area contributed by atoms with Crippen LogP contribution in [0.3, 0.4) is 0 Å². The van der Waals surface area contributed by atoms with Gasteiger partial charge >= 0.3 is 0 Å². The molecule has 1 atom stereocenters. The molecule has 1 saturated carbocycles. The summed E-state index contributed by atoms with van der Waals surface area (Å²) in [6.07, 6.45) is 6.04. The van der Waals surface area contributed by atoms with Crippen molar-refractivity contribution < 1.29 is 10.2 Å². The molecule has 0 amide bonds. The summed E-state index contributed by atoms with van der Waals surface area (Å²) < 4.78 is 2.42. The van der Waals surface area contributed by atoms with E-state index in [-0.39, 0.29) is 6.61 Å². The zero-order valence-electron chi connectivity index (χ0n) is 20.1. The summed E-state index contributed by atoms with van der Waals surface area (Å²) in [5.74, 6) is 1.91. The van der Waals surface area contributed by atoms with Gasteiger partial charge in [0.1, 0.15) is 17.6 Å². The van der Waals surface area contributed by atoms with E-state index in [4.69, 9.17) is 9.97 Å². The average Bonchev–Trinajstić information content (AvgIpc) is 3.19. The van der Waals surface area contributed by atoms with Crippen LogP contribution in [0.1, 0.15) is 56.0 Å². The van der Waals surface area contributed by atoms with Crippen LogP contribution in [0.25, 0.3) is 21.9 Å². The van der Waals surface area contributed by atoms with Crippen molar-refractivity contribution in [1.29, 1.82) is 0 Å². The van der Waals surface area contributed by atoms with Gasteiger partial charge in [0.25, 0.3) is 0 Å². The number of nitrogens with zero attached hydrogens (tertiary/aromatic N) is 5. The Balaban J connectivity index is 1.35. The first kappa shape index (κ1) is 22.4. The molecular formula is C27H32N6O2. The molecule has 1 fully saturated rings. The Bertz CT molecular complexity index is 1360. The summed E-state index contributed by atoms with van der Waals surface area (Å²) in [6.45, 7) is 4.10. The Morgan fingerprint density at radius 3 is 2.69 bits per heavy atom. The molecule has 0 saturated heterocycles. The normalized spacial score (nSPS) is 23.0. The van der Waals surface area contributed by atoms with Crippen LogP contribution in [0.15, 0.2) is 42.6 Å². The molecule has 0 radical (unpaired) electrons. The molecule has 0 unspecified atom stereocenters.